The van der Waals surface area contributed by atoms with Crippen molar-refractivity contribution in [2.24, 2.45) is 45.3 Å². The molecule has 18 atom stereocenters. The third kappa shape index (κ3) is 6.77. The van der Waals surface area contributed by atoms with Crippen molar-refractivity contribution >= 4 is 5.78 Å². The lowest BCUT2D eigenvalue weighted by atomic mass is 9.35. The molecule has 1 unspecified atom stereocenters. The molecule has 0 aromatic heterocycles. The first kappa shape index (κ1) is 42.5. The van der Waals surface area contributed by atoms with E-state index in [4.69, 9.17) is 18.9 Å². The molecule has 0 spiro atoms. The standard InChI is InChI=1S/C41H68O13/c1-21(2)9-8-14-40(7,50)29-22-10-11-27-38(5,39(22,6)17-23(29)44)15-12-26-37(3,4)28(13-16-41(26,27)20-43)53-36-33(49)31(47)34(25(18-42)52-36)54-35-32(48)30(46)24(45)19-51-35/h9,22,24-36,42-43,45-50H,8,10-20H2,1-7H3/t22-,24+,25-,26-,27-,28?,29-,30+,31-,32-,33-,34-,35+,36+,38+,39+,40+,41+/m1/s1. The van der Waals surface area contributed by atoms with Crippen LogP contribution in [-0.4, -0.2) is 133 Å². The molecule has 4 aliphatic carbocycles. The Labute approximate surface area is 320 Å². The van der Waals surface area contributed by atoms with Crippen molar-refractivity contribution in [1.82, 2.24) is 0 Å². The smallest absolute Gasteiger partial charge is 0.186 e. The summed E-state index contributed by atoms with van der Waals surface area (Å²) in [5.41, 5.74) is -1.41. The van der Waals surface area contributed by atoms with Crippen LogP contribution in [0, 0.1) is 45.3 Å². The Hall–Kier alpha value is -1.07. The van der Waals surface area contributed by atoms with Gasteiger partial charge in [-0.1, -0.05) is 39.3 Å². The Morgan fingerprint density at radius 2 is 1.56 bits per heavy atom. The molecule has 6 fully saturated rings. The van der Waals surface area contributed by atoms with Crippen LogP contribution in [0.25, 0.3) is 0 Å². The zero-order valence-electron chi connectivity index (χ0n) is 33.3. The summed E-state index contributed by atoms with van der Waals surface area (Å²) in [6, 6.07) is 0. The minimum Gasteiger partial charge on any atom is -0.396 e. The second-order valence-corrected chi connectivity index (χ2v) is 19.4. The van der Waals surface area contributed by atoms with Crippen molar-refractivity contribution in [3.8, 4) is 0 Å². The molecular formula is C41H68O13. The highest BCUT2D eigenvalue weighted by Crippen LogP contribution is 2.75. The lowest BCUT2D eigenvalue weighted by molar-refractivity contribution is -0.361. The largest absolute Gasteiger partial charge is 0.396 e. The monoisotopic (exact) mass is 768 g/mol. The van der Waals surface area contributed by atoms with Gasteiger partial charge in [0.15, 0.2) is 12.6 Å². The zero-order chi connectivity index (χ0) is 39.8. The molecule has 2 heterocycles. The molecule has 54 heavy (non-hydrogen) atoms. The highest BCUT2D eigenvalue weighted by atomic mass is 16.7. The fourth-order valence-electron chi connectivity index (χ4n) is 12.9. The summed E-state index contributed by atoms with van der Waals surface area (Å²) in [7, 11) is 0. The Morgan fingerprint density at radius 3 is 2.20 bits per heavy atom. The van der Waals surface area contributed by atoms with Crippen molar-refractivity contribution in [3.63, 3.8) is 0 Å². The van der Waals surface area contributed by atoms with E-state index >= 15 is 0 Å². The molecule has 310 valence electrons. The van der Waals surface area contributed by atoms with E-state index in [-0.39, 0.29) is 47.6 Å². The van der Waals surface area contributed by atoms with E-state index in [0.717, 1.165) is 32.1 Å². The van der Waals surface area contributed by atoms with Crippen molar-refractivity contribution in [2.75, 3.05) is 19.8 Å². The van der Waals surface area contributed by atoms with E-state index in [1.54, 1.807) is 0 Å². The van der Waals surface area contributed by atoms with Gasteiger partial charge in [-0.05, 0) is 106 Å². The van der Waals surface area contributed by atoms with E-state index in [0.29, 0.717) is 25.7 Å². The van der Waals surface area contributed by atoms with Gasteiger partial charge >= 0.3 is 0 Å². The molecule has 8 N–H and O–H groups in total. The molecule has 13 heteroatoms. The minimum absolute atomic E-state index is 0.000298. The molecule has 0 bridgehead atoms. The highest BCUT2D eigenvalue weighted by molar-refractivity contribution is 5.86. The van der Waals surface area contributed by atoms with Crippen molar-refractivity contribution in [3.05, 3.63) is 11.6 Å². The first-order valence-electron chi connectivity index (χ1n) is 20.3. The number of ketones is 1. The van der Waals surface area contributed by atoms with Gasteiger partial charge in [-0.3, -0.25) is 4.79 Å². The van der Waals surface area contributed by atoms with Crippen LogP contribution >= 0.6 is 0 Å². The number of aliphatic hydroxyl groups is 8. The van der Waals surface area contributed by atoms with Gasteiger partial charge in [0.2, 0.25) is 0 Å². The van der Waals surface area contributed by atoms with Crippen LogP contribution in [0.3, 0.4) is 0 Å². The summed E-state index contributed by atoms with van der Waals surface area (Å²) >= 11 is 0. The second-order valence-electron chi connectivity index (χ2n) is 19.4. The molecule has 6 rings (SSSR count). The topological polar surface area (TPSA) is 216 Å². The van der Waals surface area contributed by atoms with Gasteiger partial charge in [0.05, 0.1) is 24.9 Å². The van der Waals surface area contributed by atoms with Crippen LogP contribution in [-0.2, 0) is 23.7 Å². The lowest BCUT2D eigenvalue weighted by Gasteiger charge is -2.70. The van der Waals surface area contributed by atoms with E-state index < -0.39 is 90.4 Å². The second kappa shape index (κ2) is 15.3. The van der Waals surface area contributed by atoms with Gasteiger partial charge < -0.3 is 59.8 Å². The van der Waals surface area contributed by atoms with Gasteiger partial charge in [-0.2, -0.15) is 0 Å². The maximum absolute atomic E-state index is 14.0. The maximum atomic E-state index is 14.0. The van der Waals surface area contributed by atoms with Crippen LogP contribution in [0.5, 0.6) is 0 Å². The van der Waals surface area contributed by atoms with Crippen LogP contribution in [0.4, 0.5) is 0 Å². The van der Waals surface area contributed by atoms with Crippen LogP contribution in [0.2, 0.25) is 0 Å². The van der Waals surface area contributed by atoms with E-state index in [2.05, 4.69) is 33.8 Å². The van der Waals surface area contributed by atoms with E-state index in [1.807, 2.05) is 20.8 Å². The number of carbonyl (C=O) groups is 1. The third-order valence-corrected chi connectivity index (χ3v) is 15.9. The molecule has 0 aromatic carbocycles. The number of allylic oxidation sites excluding steroid dienone is 2. The van der Waals surface area contributed by atoms with E-state index in [9.17, 15) is 45.6 Å². The summed E-state index contributed by atoms with van der Waals surface area (Å²) < 4.78 is 23.6. The number of aliphatic hydroxyl groups excluding tert-OH is 7. The minimum atomic E-state index is -1.64. The Bertz CT molecular complexity index is 1380. The SMILES string of the molecule is CC(C)=CCC[C@](C)(O)[C@H]1C(=O)C[C@@]2(C)[C@@H]1CC[C@H]1[C@]3(CO)CCC(O[C@@H]4O[C@H](CO)[C@@H](O[C@@H]5OC[C@H](O)[C@H](O)[C@H]5O)[C@H](O)[C@H]4O)C(C)(C)[C@H]3CC[C@@]12C. The first-order chi connectivity index (χ1) is 25.2. The maximum Gasteiger partial charge on any atom is 0.186 e. The van der Waals surface area contributed by atoms with Gasteiger partial charge in [-0.25, -0.2) is 0 Å². The average Bonchev–Trinajstić information content (AvgIpc) is 3.39. The molecular weight excluding hydrogens is 700 g/mol. The number of ether oxygens (including phenoxy) is 4. The summed E-state index contributed by atoms with van der Waals surface area (Å²) in [5, 5.41) is 86.3. The fraction of sp³-hybridized carbons (Fsp3) is 0.927. The Morgan fingerprint density at radius 1 is 0.870 bits per heavy atom. The number of hydrogen-bond acceptors (Lipinski definition) is 13. The normalized spacial score (nSPS) is 50.0. The fourth-order valence-corrected chi connectivity index (χ4v) is 12.9. The Kier molecular flexibility index (Phi) is 12.0. The van der Waals surface area contributed by atoms with E-state index in [1.165, 1.54) is 5.57 Å². The van der Waals surface area contributed by atoms with Crippen molar-refractivity contribution < 1.29 is 64.6 Å². The molecule has 4 saturated carbocycles. The molecule has 0 aromatic rings. The summed E-state index contributed by atoms with van der Waals surface area (Å²) in [6.07, 6.45) is -5.08. The molecule has 2 aliphatic heterocycles. The Balaban J connectivity index is 1.18. The highest BCUT2D eigenvalue weighted by Gasteiger charge is 2.72. The van der Waals surface area contributed by atoms with Gasteiger partial charge in [-0.15, -0.1) is 0 Å². The molecule has 0 radical (unpaired) electrons. The van der Waals surface area contributed by atoms with Crippen LogP contribution in [0.15, 0.2) is 11.6 Å². The molecule has 13 nitrogen and oxygen atoms in total. The predicted octanol–water partition coefficient (Wildman–Crippen LogP) is 1.97. The van der Waals surface area contributed by atoms with Gasteiger partial charge in [0.25, 0.3) is 0 Å². The van der Waals surface area contributed by atoms with Crippen molar-refractivity contribution in [2.45, 2.75) is 173 Å². The van der Waals surface area contributed by atoms with Crippen LogP contribution < -0.4 is 0 Å². The van der Waals surface area contributed by atoms with Crippen LogP contribution in [0.1, 0.15) is 106 Å². The first-order valence-corrected chi connectivity index (χ1v) is 20.3. The number of rotatable bonds is 10. The summed E-state index contributed by atoms with van der Waals surface area (Å²) in [4.78, 5) is 14.0. The van der Waals surface area contributed by atoms with Gasteiger partial charge in [0, 0.05) is 24.4 Å². The van der Waals surface area contributed by atoms with Crippen molar-refractivity contribution in [1.29, 1.82) is 0 Å². The molecule has 6 aliphatic rings. The number of carbonyl (C=O) groups excluding carboxylic acids is 1. The summed E-state index contributed by atoms with van der Waals surface area (Å²) in [6.45, 7) is 13.9. The lowest BCUT2D eigenvalue weighted by Crippen LogP contribution is -2.67. The zero-order valence-corrected chi connectivity index (χ0v) is 33.3. The third-order valence-electron chi connectivity index (χ3n) is 15.9. The molecule has 0 amide bonds. The summed E-state index contributed by atoms with van der Waals surface area (Å²) in [5.74, 6) is -0.0243. The van der Waals surface area contributed by atoms with Gasteiger partial charge in [0.1, 0.15) is 48.5 Å². The quantitative estimate of drug-likeness (QED) is 0.118. The number of Topliss-reactive ketones (excluding diaryl/α,β-unsaturated/α-hetero) is 1. The number of hydrogen-bond donors (Lipinski definition) is 8. The molecule has 2 saturated heterocycles. The predicted molar refractivity (Wildman–Crippen MR) is 195 cm³/mol. The number of fused-ring (bicyclic) bond motifs is 5. The average molecular weight is 769 g/mol.